The number of fused-ring (bicyclic) bond motifs is 42. The van der Waals surface area contributed by atoms with Gasteiger partial charge in [-0.25, -0.2) is 0 Å². The zero-order valence-electron chi connectivity index (χ0n) is 81.9. The predicted octanol–water partition coefficient (Wildman–Crippen LogP) is 31.5. The molecule has 149 heavy (non-hydrogen) atoms. The lowest BCUT2D eigenvalue weighted by molar-refractivity contribution is 0.477. The van der Waals surface area contributed by atoms with Crippen molar-refractivity contribution < 1.29 is 27.1 Å². The second-order valence-electron chi connectivity index (χ2n) is 43.8. The highest BCUT2D eigenvalue weighted by molar-refractivity contribution is 7.00. The molecule has 0 fully saturated rings. The summed E-state index contributed by atoms with van der Waals surface area (Å²) in [5.41, 5.74) is 39.7. The lowest BCUT2D eigenvalue weighted by Gasteiger charge is -2.35. The Morgan fingerprint density at radius 2 is 0.591 bits per heavy atom. The Balaban J connectivity index is 0.508. The predicted molar refractivity (Wildman–Crippen MR) is 616 cm³/mol. The van der Waals surface area contributed by atoms with E-state index in [2.05, 4.69) is 457 Å². The number of furan rings is 4. The molecule has 0 unspecified atom stereocenters. The van der Waals surface area contributed by atoms with E-state index in [0.29, 0.717) is 0 Å². The molecule has 12 nitrogen and oxygen atoms in total. The maximum Gasteiger partial charge on any atom is 0.256 e. The molecule has 14 heteroatoms. The van der Waals surface area contributed by atoms with Crippen LogP contribution in [-0.2, 0) is 17.3 Å². The van der Waals surface area contributed by atoms with Crippen molar-refractivity contribution in [3.05, 3.63) is 411 Å². The van der Waals surface area contributed by atoms with E-state index in [4.69, 9.17) is 27.1 Å². The lowest BCUT2D eigenvalue weighted by Crippen LogP contribution is -2.58. The average molecular weight is 1910 g/mol. The molecule has 4 aliphatic rings. The Kier molecular flexibility index (Phi) is 15.3. The van der Waals surface area contributed by atoms with Gasteiger partial charge >= 0.3 is 0 Å². The van der Waals surface area contributed by atoms with Crippen LogP contribution in [0.1, 0.15) is 56.9 Å². The molecule has 0 radical (unpaired) electrons. The molecule has 14 heterocycles. The Labute approximate surface area is 850 Å². The molecule has 0 N–H and O–H groups in total. The molecule has 10 aromatic heterocycles. The number of ether oxygens (including phenoxy) is 2. The van der Waals surface area contributed by atoms with Gasteiger partial charge in [0.1, 0.15) is 67.7 Å². The van der Waals surface area contributed by atoms with Crippen molar-refractivity contribution in [3.63, 3.8) is 0 Å². The third-order valence-electron chi connectivity index (χ3n) is 34.2. The molecule has 0 saturated heterocycles. The normalized spacial score (nSPS) is 13.4. The van der Waals surface area contributed by atoms with Crippen LogP contribution in [0, 0.1) is 6.92 Å². The zero-order chi connectivity index (χ0) is 97.6. The van der Waals surface area contributed by atoms with Crippen molar-refractivity contribution in [1.29, 1.82) is 0 Å². The Bertz CT molecular complexity index is 11500. The maximum absolute atomic E-state index is 7.58. The van der Waals surface area contributed by atoms with Crippen LogP contribution in [0.25, 0.3) is 264 Å². The van der Waals surface area contributed by atoms with E-state index < -0.39 is 0 Å². The number of benzene rings is 21. The van der Waals surface area contributed by atoms with E-state index in [1.54, 1.807) is 0 Å². The Hall–Kier alpha value is -18.7. The fourth-order valence-corrected chi connectivity index (χ4v) is 27.7. The highest BCUT2D eigenvalue weighted by Gasteiger charge is 2.46. The van der Waals surface area contributed by atoms with Gasteiger partial charge in [0.25, 0.3) is 13.4 Å². The van der Waals surface area contributed by atoms with Gasteiger partial charge in [-0.3, -0.25) is 0 Å². The van der Waals surface area contributed by atoms with Gasteiger partial charge < -0.3 is 54.5 Å². The van der Waals surface area contributed by atoms with Crippen LogP contribution in [-0.4, -0.2) is 40.8 Å². The molecule has 31 aromatic rings. The summed E-state index contributed by atoms with van der Waals surface area (Å²) in [6.45, 7) is 13.4. The SMILES string of the molecule is Cc1cc2c3c(c1)-n1c4ccc5c6cc(-n7c8ccccc8c8ccccc87)ccc6oc5c4c4c5oc6ccc(-n7c8ccccc8c8ccccc87)cc6c5cc(c41)B3c1ccc(C(C)(C)Cc3ccc4c(c3)c3ccccc3n4-c3ccc4oc5c(ccc6c5c5c7oc8ccc(-n9c%10ccccc%10c%10ccccc%109)cc8c7cc7c5n6-c5cc(-c6ccccc6)cc6c5B7c5ccc(C(C)(C)C)cc5O6)c4c3)cc1O2. The average Bonchev–Trinajstić information content (AvgIpc) is 1.51. The third-order valence-corrected chi connectivity index (χ3v) is 34.2. The molecule has 0 amide bonds. The molecule has 21 aromatic carbocycles. The van der Waals surface area contributed by atoms with Gasteiger partial charge in [0.05, 0.1) is 87.7 Å². The monoisotopic (exact) mass is 1910 g/mol. The molecule has 0 spiro atoms. The molecule has 0 atom stereocenters. The Morgan fingerprint density at radius 1 is 0.235 bits per heavy atom. The van der Waals surface area contributed by atoms with Gasteiger partial charge in [0.2, 0.25) is 0 Å². The molecule has 0 aliphatic carbocycles. The minimum Gasteiger partial charge on any atom is -0.458 e. The minimum atomic E-state index is -0.373. The molecule has 35 rings (SSSR count). The van der Waals surface area contributed by atoms with Crippen molar-refractivity contribution in [2.45, 2.75) is 58.8 Å². The van der Waals surface area contributed by atoms with Crippen molar-refractivity contribution in [1.82, 2.24) is 27.4 Å². The topological polar surface area (TPSA) is 101 Å². The first-order chi connectivity index (χ1) is 73.1. The third kappa shape index (κ3) is 10.6. The standard InChI is InChI=1S/C135H84B2N6O6/c1-72-58-112-126-120(59-72)144-119-64-77(42-50-99(119)136(126)100-69-96-94-67-80(139-104-35-19-12-28-84(104)85-29-13-20-36-105(85)139)45-56-116(94)148-132(96)124-122-110(142(112)128(100)124)52-47-89-92-65-78(43-54-114(92)146-130(89)122)138-102-33-17-10-26-82(102)83-27-11-18-34-103(83)138)135(5,6)71-73-40-51-109-91(60-73)88-32-16-23-39-108(88)141(109)79-44-55-115-93(66-79)90-48-53-111-123(131(90)147-115)125-129-101(70-97-95-68-81(46-57-117(95)149-133(97)125)140-106-37-21-14-30-86(106)87-31-15-22-38-107(87)140)137-98-49-41-76(134(2,3)4)63-118(98)145-121-62-75(74-24-8-7-9-25-74)61-113(127(121)137)143(111)129/h7-70H,71H2,1-6H3. The van der Waals surface area contributed by atoms with E-state index >= 15 is 0 Å². The van der Waals surface area contributed by atoms with Gasteiger partial charge in [0.15, 0.2) is 0 Å². The Morgan fingerprint density at radius 3 is 1.01 bits per heavy atom. The fraction of sp³-hybridized carbons (Fsp3) is 0.0667. The van der Waals surface area contributed by atoms with Gasteiger partial charge in [-0.2, -0.15) is 0 Å². The molecular weight excluding hydrogens is 1820 g/mol. The molecule has 0 bridgehead atoms. The fourth-order valence-electron chi connectivity index (χ4n) is 27.7. The molecule has 696 valence electrons. The highest BCUT2D eigenvalue weighted by Crippen LogP contribution is 2.54. The van der Waals surface area contributed by atoms with E-state index in [1.165, 1.54) is 70.7 Å². The van der Waals surface area contributed by atoms with Crippen molar-refractivity contribution >= 4 is 265 Å². The summed E-state index contributed by atoms with van der Waals surface area (Å²) >= 11 is 0. The first-order valence-electron chi connectivity index (χ1n) is 51.8. The highest BCUT2D eigenvalue weighted by atomic mass is 16.5. The number of aromatic nitrogens is 6. The van der Waals surface area contributed by atoms with Crippen LogP contribution in [0.15, 0.2) is 406 Å². The minimum absolute atomic E-state index is 0.123. The summed E-state index contributed by atoms with van der Waals surface area (Å²) in [7, 11) is 0. The largest absolute Gasteiger partial charge is 0.458 e. The summed E-state index contributed by atoms with van der Waals surface area (Å²) in [4.78, 5) is 0. The number of nitrogens with zero attached hydrogens (tertiary/aromatic N) is 6. The van der Waals surface area contributed by atoms with Crippen LogP contribution < -0.4 is 42.3 Å². The van der Waals surface area contributed by atoms with Crippen LogP contribution in [0.2, 0.25) is 0 Å². The van der Waals surface area contributed by atoms with Crippen LogP contribution in [0.5, 0.6) is 23.0 Å². The number of hydrogen-bond donors (Lipinski definition) is 0. The van der Waals surface area contributed by atoms with Crippen molar-refractivity contribution in [2.24, 2.45) is 0 Å². The van der Waals surface area contributed by atoms with Crippen molar-refractivity contribution in [2.75, 3.05) is 0 Å². The van der Waals surface area contributed by atoms with E-state index in [1.807, 2.05) is 0 Å². The number of para-hydroxylation sites is 7. The van der Waals surface area contributed by atoms with E-state index in [9.17, 15) is 0 Å². The van der Waals surface area contributed by atoms with Gasteiger partial charge in [0, 0.05) is 120 Å². The maximum atomic E-state index is 7.58. The summed E-state index contributed by atoms with van der Waals surface area (Å²) in [5.74, 6) is 3.45. The van der Waals surface area contributed by atoms with Crippen LogP contribution in [0.3, 0.4) is 0 Å². The van der Waals surface area contributed by atoms with Crippen LogP contribution >= 0.6 is 0 Å². The lowest BCUT2D eigenvalue weighted by atomic mass is 9.34. The second kappa shape index (κ2) is 28.3. The second-order valence-corrected chi connectivity index (χ2v) is 43.8. The summed E-state index contributed by atoms with van der Waals surface area (Å²) in [5, 5.41) is 22.0. The van der Waals surface area contributed by atoms with E-state index in [0.717, 1.165) is 278 Å². The van der Waals surface area contributed by atoms with Crippen molar-refractivity contribution in [3.8, 4) is 68.2 Å². The first kappa shape index (κ1) is 80.7. The summed E-state index contributed by atoms with van der Waals surface area (Å²) in [6, 6.07) is 144. The van der Waals surface area contributed by atoms with E-state index in [-0.39, 0.29) is 24.3 Å². The quantitative estimate of drug-likeness (QED) is 0.141. The van der Waals surface area contributed by atoms with Crippen LogP contribution in [0.4, 0.5) is 0 Å². The number of hydrogen-bond acceptors (Lipinski definition) is 6. The van der Waals surface area contributed by atoms with Gasteiger partial charge in [-0.05, 0) is 278 Å². The number of rotatable bonds is 8. The smallest absolute Gasteiger partial charge is 0.256 e. The molecule has 0 saturated carbocycles. The first-order valence-corrected chi connectivity index (χ1v) is 51.8. The van der Waals surface area contributed by atoms with Gasteiger partial charge in [-0.15, -0.1) is 0 Å². The summed E-state index contributed by atoms with van der Waals surface area (Å²) in [6.07, 6.45) is 0.758. The zero-order valence-corrected chi connectivity index (χ0v) is 81.9. The van der Waals surface area contributed by atoms with Gasteiger partial charge in [-0.1, -0.05) is 235 Å². The number of aryl methyl sites for hydroxylation is 1. The summed E-state index contributed by atoms with van der Waals surface area (Å²) < 4.78 is 59.7. The molecular formula is C135H84B2N6O6. The molecule has 4 aliphatic heterocycles.